The maximum absolute atomic E-state index is 13.0. The number of rotatable bonds is 6. The van der Waals surface area contributed by atoms with Gasteiger partial charge in [-0.3, -0.25) is 14.9 Å². The molecular formula is C24H22N2O3. The van der Waals surface area contributed by atoms with Gasteiger partial charge < -0.3 is 5.32 Å². The summed E-state index contributed by atoms with van der Waals surface area (Å²) < 4.78 is 0. The second-order valence-electron chi connectivity index (χ2n) is 7.00. The van der Waals surface area contributed by atoms with E-state index < -0.39 is 4.92 Å². The number of anilines is 1. The molecule has 0 unspecified atom stereocenters. The quantitative estimate of drug-likeness (QED) is 0.248. The summed E-state index contributed by atoms with van der Waals surface area (Å²) in [6, 6.07) is 23.2. The molecule has 5 heteroatoms. The fourth-order valence-electron chi connectivity index (χ4n) is 2.91. The summed E-state index contributed by atoms with van der Waals surface area (Å²) in [5.74, 6) is 0.175. The Balaban J connectivity index is 1.91. The van der Waals surface area contributed by atoms with E-state index >= 15 is 0 Å². The Kier molecular flexibility index (Phi) is 6.19. The minimum Gasteiger partial charge on any atom is -0.322 e. The lowest BCUT2D eigenvalue weighted by molar-refractivity contribution is -0.384. The zero-order valence-electron chi connectivity index (χ0n) is 16.3. The van der Waals surface area contributed by atoms with Gasteiger partial charge in [0.2, 0.25) is 0 Å². The van der Waals surface area contributed by atoms with Crippen LogP contribution in [0.2, 0.25) is 0 Å². The van der Waals surface area contributed by atoms with Crippen molar-refractivity contribution in [2.45, 2.75) is 19.8 Å². The molecule has 0 bridgehead atoms. The summed E-state index contributed by atoms with van der Waals surface area (Å²) in [6.45, 7) is 4.24. The first-order valence-electron chi connectivity index (χ1n) is 9.37. The summed E-state index contributed by atoms with van der Waals surface area (Å²) in [7, 11) is 0. The van der Waals surface area contributed by atoms with Crippen LogP contribution in [0.3, 0.4) is 0 Å². The Hall–Kier alpha value is -3.73. The summed E-state index contributed by atoms with van der Waals surface area (Å²) in [5.41, 5.74) is 3.88. The van der Waals surface area contributed by atoms with E-state index in [4.69, 9.17) is 0 Å². The number of hydrogen-bond donors (Lipinski definition) is 1. The summed E-state index contributed by atoms with van der Waals surface area (Å²) in [5, 5.41) is 13.8. The van der Waals surface area contributed by atoms with E-state index in [1.807, 2.05) is 54.6 Å². The average Bonchev–Trinajstić information content (AvgIpc) is 2.73. The molecule has 1 amide bonds. The minimum atomic E-state index is -0.445. The Morgan fingerprint density at radius 1 is 0.931 bits per heavy atom. The predicted octanol–water partition coefficient (Wildman–Crippen LogP) is 5.90. The van der Waals surface area contributed by atoms with E-state index in [1.54, 1.807) is 18.2 Å². The standard InChI is InChI=1S/C24H22N2O3/c1-17(2)19-10-12-21(13-11-19)25-24(27)23(20-6-4-3-5-7-20)16-18-8-14-22(15-9-18)26(28)29/h3-17H,1-2H3,(H,25,27)/b23-16+. The summed E-state index contributed by atoms with van der Waals surface area (Å²) >= 11 is 0. The number of nitro benzene ring substituents is 1. The predicted molar refractivity (Wildman–Crippen MR) is 117 cm³/mol. The lowest BCUT2D eigenvalue weighted by Gasteiger charge is -2.11. The van der Waals surface area contributed by atoms with E-state index in [0.717, 1.165) is 5.56 Å². The fraction of sp³-hybridized carbons (Fsp3) is 0.125. The third kappa shape index (κ3) is 5.17. The van der Waals surface area contributed by atoms with Crippen molar-refractivity contribution in [2.24, 2.45) is 0 Å². The van der Waals surface area contributed by atoms with Crippen LogP contribution in [-0.4, -0.2) is 10.8 Å². The van der Waals surface area contributed by atoms with Gasteiger partial charge in [-0.15, -0.1) is 0 Å². The second-order valence-corrected chi connectivity index (χ2v) is 7.00. The molecule has 0 fully saturated rings. The highest BCUT2D eigenvalue weighted by Crippen LogP contribution is 2.23. The number of hydrogen-bond acceptors (Lipinski definition) is 3. The van der Waals surface area contributed by atoms with Crippen molar-refractivity contribution in [1.29, 1.82) is 0 Å². The van der Waals surface area contributed by atoms with Crippen molar-refractivity contribution in [2.75, 3.05) is 5.32 Å². The smallest absolute Gasteiger partial charge is 0.269 e. The molecule has 0 saturated carbocycles. The summed E-state index contributed by atoms with van der Waals surface area (Å²) in [4.78, 5) is 23.4. The van der Waals surface area contributed by atoms with Crippen LogP contribution in [0.25, 0.3) is 11.6 Å². The van der Waals surface area contributed by atoms with Crippen LogP contribution in [0, 0.1) is 10.1 Å². The third-order valence-electron chi connectivity index (χ3n) is 4.58. The number of non-ortho nitro benzene ring substituents is 1. The highest BCUT2D eigenvalue weighted by molar-refractivity contribution is 6.29. The van der Waals surface area contributed by atoms with E-state index in [9.17, 15) is 14.9 Å². The van der Waals surface area contributed by atoms with E-state index in [2.05, 4.69) is 19.2 Å². The Bertz CT molecular complexity index is 1020. The normalized spacial score (nSPS) is 11.3. The number of carbonyl (C=O) groups excluding carboxylic acids is 1. The molecule has 0 saturated heterocycles. The van der Waals surface area contributed by atoms with Crippen molar-refractivity contribution < 1.29 is 9.72 Å². The molecule has 3 rings (SSSR count). The molecule has 29 heavy (non-hydrogen) atoms. The second kappa shape index (κ2) is 8.97. The minimum absolute atomic E-state index is 0.0121. The molecule has 146 valence electrons. The van der Waals surface area contributed by atoms with Gasteiger partial charge >= 0.3 is 0 Å². The SMILES string of the molecule is CC(C)c1ccc(NC(=O)/C(=C/c2ccc([N+](=O)[O-])cc2)c2ccccc2)cc1. The van der Waals surface area contributed by atoms with Gasteiger partial charge in [0.05, 0.1) is 4.92 Å². The van der Waals surface area contributed by atoms with Gasteiger partial charge in [-0.2, -0.15) is 0 Å². The van der Waals surface area contributed by atoms with Gasteiger partial charge in [0.1, 0.15) is 0 Å². The van der Waals surface area contributed by atoms with Crippen LogP contribution in [0.5, 0.6) is 0 Å². The molecule has 3 aromatic rings. The van der Waals surface area contributed by atoms with Crippen LogP contribution >= 0.6 is 0 Å². The molecule has 0 aliphatic heterocycles. The first kappa shape index (κ1) is 20.0. The van der Waals surface area contributed by atoms with Crippen LogP contribution in [-0.2, 0) is 4.79 Å². The Morgan fingerprint density at radius 3 is 2.10 bits per heavy atom. The highest BCUT2D eigenvalue weighted by Gasteiger charge is 2.13. The number of benzene rings is 3. The molecule has 5 nitrogen and oxygen atoms in total. The Morgan fingerprint density at radius 2 is 1.55 bits per heavy atom. The summed E-state index contributed by atoms with van der Waals surface area (Å²) in [6.07, 6.45) is 1.73. The number of nitrogens with zero attached hydrogens (tertiary/aromatic N) is 1. The van der Waals surface area contributed by atoms with Crippen molar-refractivity contribution in [1.82, 2.24) is 0 Å². The highest BCUT2D eigenvalue weighted by atomic mass is 16.6. The zero-order chi connectivity index (χ0) is 20.8. The lowest BCUT2D eigenvalue weighted by atomic mass is 10.0. The number of nitro groups is 1. The monoisotopic (exact) mass is 386 g/mol. The van der Waals surface area contributed by atoms with Gasteiger partial charge in [-0.25, -0.2) is 0 Å². The maximum atomic E-state index is 13.0. The van der Waals surface area contributed by atoms with Gasteiger partial charge in [0, 0.05) is 23.4 Å². The first-order valence-corrected chi connectivity index (χ1v) is 9.37. The van der Waals surface area contributed by atoms with Crippen LogP contribution in [0.4, 0.5) is 11.4 Å². The van der Waals surface area contributed by atoms with Crippen molar-refractivity contribution in [3.63, 3.8) is 0 Å². The van der Waals surface area contributed by atoms with Crippen LogP contribution < -0.4 is 5.32 Å². The number of nitrogens with one attached hydrogen (secondary N) is 1. The molecule has 0 heterocycles. The Labute approximate surface area is 169 Å². The molecule has 1 N–H and O–H groups in total. The molecule has 0 spiro atoms. The molecule has 3 aromatic carbocycles. The molecule has 0 aliphatic carbocycles. The maximum Gasteiger partial charge on any atom is 0.269 e. The molecule has 0 aromatic heterocycles. The van der Waals surface area contributed by atoms with Crippen molar-refractivity contribution in [3.8, 4) is 0 Å². The van der Waals surface area contributed by atoms with Gasteiger partial charge in [-0.1, -0.05) is 56.3 Å². The first-order chi connectivity index (χ1) is 13.9. The van der Waals surface area contributed by atoms with Crippen LogP contribution in [0.1, 0.15) is 36.5 Å². The zero-order valence-corrected chi connectivity index (χ0v) is 16.3. The van der Waals surface area contributed by atoms with E-state index in [0.29, 0.717) is 22.7 Å². The van der Waals surface area contributed by atoms with E-state index in [-0.39, 0.29) is 11.6 Å². The molecule has 0 aliphatic rings. The molecule has 0 radical (unpaired) electrons. The average molecular weight is 386 g/mol. The van der Waals surface area contributed by atoms with E-state index in [1.165, 1.54) is 17.7 Å². The van der Waals surface area contributed by atoms with Crippen molar-refractivity contribution in [3.05, 3.63) is 106 Å². The van der Waals surface area contributed by atoms with Gasteiger partial charge in [0.15, 0.2) is 0 Å². The third-order valence-corrected chi connectivity index (χ3v) is 4.58. The van der Waals surface area contributed by atoms with Crippen molar-refractivity contribution >= 4 is 28.9 Å². The number of carbonyl (C=O) groups is 1. The fourth-order valence-corrected chi connectivity index (χ4v) is 2.91. The number of amides is 1. The van der Waals surface area contributed by atoms with Gasteiger partial charge in [-0.05, 0) is 52.9 Å². The van der Waals surface area contributed by atoms with Gasteiger partial charge in [0.25, 0.3) is 11.6 Å². The largest absolute Gasteiger partial charge is 0.322 e. The van der Waals surface area contributed by atoms with Crippen LogP contribution in [0.15, 0.2) is 78.9 Å². The lowest BCUT2D eigenvalue weighted by Crippen LogP contribution is -2.13. The molecule has 0 atom stereocenters. The topological polar surface area (TPSA) is 72.2 Å². The molecular weight excluding hydrogens is 364 g/mol.